The molecule has 1 aliphatic heterocycles. The lowest BCUT2D eigenvalue weighted by Gasteiger charge is -2.42. The van der Waals surface area contributed by atoms with Gasteiger partial charge in [0.25, 0.3) is 0 Å². The van der Waals surface area contributed by atoms with Crippen LogP contribution in [-0.4, -0.2) is 5.54 Å². The van der Waals surface area contributed by atoms with Gasteiger partial charge in [0.1, 0.15) is 0 Å². The van der Waals surface area contributed by atoms with E-state index in [-0.39, 0.29) is 16.4 Å². The number of rotatable bonds is 4. The lowest BCUT2D eigenvalue weighted by Crippen LogP contribution is -2.48. The Morgan fingerprint density at radius 2 is 1.07 bits per heavy atom. The molecular formula is C44H37N. The number of para-hydroxylation sites is 1. The summed E-state index contributed by atoms with van der Waals surface area (Å²) in [5, 5.41) is 0. The van der Waals surface area contributed by atoms with Crippen molar-refractivity contribution in [1.82, 2.24) is 0 Å². The van der Waals surface area contributed by atoms with Crippen molar-refractivity contribution in [3.8, 4) is 22.3 Å². The van der Waals surface area contributed by atoms with Gasteiger partial charge in [-0.2, -0.15) is 0 Å². The average molecular weight is 580 g/mol. The zero-order valence-electron chi connectivity index (χ0n) is 26.0. The maximum atomic E-state index is 2.64. The highest BCUT2D eigenvalue weighted by atomic mass is 15.3. The molecule has 1 heterocycles. The number of fused-ring (bicyclic) bond motifs is 6. The largest absolute Gasteiger partial charge is 0.334 e. The summed E-state index contributed by atoms with van der Waals surface area (Å²) in [6, 6.07) is 56.7. The number of nitrogens with zero attached hydrogens (tertiary/aromatic N) is 1. The van der Waals surface area contributed by atoms with Gasteiger partial charge in [-0.15, -0.1) is 0 Å². The van der Waals surface area contributed by atoms with Crippen LogP contribution in [0.1, 0.15) is 60.9 Å². The van der Waals surface area contributed by atoms with Crippen LogP contribution >= 0.6 is 0 Å². The van der Waals surface area contributed by atoms with E-state index in [4.69, 9.17) is 0 Å². The van der Waals surface area contributed by atoms with Crippen molar-refractivity contribution in [2.24, 2.45) is 0 Å². The molecule has 1 saturated carbocycles. The standard InChI is InChI=1S/C44H37N/c1-42-27-14-28-43(42,2)45(35-19-10-5-11-20-35)41-26-24-32(30-40(41)42)31-23-25-39-37(29-31)36-21-12-13-22-38(36)44(39,33-15-6-3-7-16-33)34-17-8-4-9-18-34/h3-13,15-26,29-30H,14,27-28H2,1-2H3. The van der Waals surface area contributed by atoms with Gasteiger partial charge in [0.2, 0.25) is 0 Å². The van der Waals surface area contributed by atoms with Gasteiger partial charge in [-0.3, -0.25) is 0 Å². The fourth-order valence-electron chi connectivity index (χ4n) is 9.36. The van der Waals surface area contributed by atoms with Crippen molar-refractivity contribution in [2.75, 3.05) is 4.90 Å². The van der Waals surface area contributed by atoms with Gasteiger partial charge in [-0.05, 0) is 100 Å². The highest BCUT2D eigenvalue weighted by molar-refractivity contribution is 5.89. The molecule has 3 aliphatic rings. The molecule has 1 fully saturated rings. The lowest BCUT2D eigenvalue weighted by atomic mass is 9.67. The molecule has 6 aromatic rings. The second kappa shape index (κ2) is 9.56. The molecule has 0 aromatic heterocycles. The van der Waals surface area contributed by atoms with Gasteiger partial charge in [0, 0.05) is 16.8 Å². The Morgan fingerprint density at radius 1 is 0.489 bits per heavy atom. The van der Waals surface area contributed by atoms with E-state index in [1.807, 2.05) is 0 Å². The monoisotopic (exact) mass is 579 g/mol. The quantitative estimate of drug-likeness (QED) is 0.200. The molecule has 218 valence electrons. The summed E-state index contributed by atoms with van der Waals surface area (Å²) < 4.78 is 0. The molecule has 2 unspecified atom stereocenters. The van der Waals surface area contributed by atoms with Crippen LogP contribution in [0, 0.1) is 0 Å². The summed E-state index contributed by atoms with van der Waals surface area (Å²) in [6.45, 7) is 5.00. The second-order valence-corrected chi connectivity index (χ2v) is 13.7. The molecule has 1 nitrogen and oxygen atoms in total. The van der Waals surface area contributed by atoms with Crippen LogP contribution in [0.15, 0.2) is 152 Å². The van der Waals surface area contributed by atoms with E-state index < -0.39 is 0 Å². The Balaban J connectivity index is 1.24. The van der Waals surface area contributed by atoms with Crippen molar-refractivity contribution in [3.05, 3.63) is 179 Å². The first-order valence-corrected chi connectivity index (χ1v) is 16.4. The van der Waals surface area contributed by atoms with Gasteiger partial charge in [-0.25, -0.2) is 0 Å². The fourth-order valence-corrected chi connectivity index (χ4v) is 9.36. The van der Waals surface area contributed by atoms with Gasteiger partial charge in [-0.1, -0.05) is 135 Å². The minimum Gasteiger partial charge on any atom is -0.334 e. The van der Waals surface area contributed by atoms with Gasteiger partial charge in [0.05, 0.1) is 11.0 Å². The molecule has 2 atom stereocenters. The van der Waals surface area contributed by atoms with Crippen LogP contribution in [0.25, 0.3) is 22.3 Å². The molecule has 6 aromatic carbocycles. The summed E-state index contributed by atoms with van der Waals surface area (Å²) in [7, 11) is 0. The highest BCUT2D eigenvalue weighted by Gasteiger charge is 2.59. The Kier molecular flexibility index (Phi) is 5.63. The predicted octanol–water partition coefficient (Wildman–Crippen LogP) is 11.1. The number of benzene rings is 6. The number of anilines is 2. The average Bonchev–Trinajstić information content (AvgIpc) is 3.64. The third kappa shape index (κ3) is 3.44. The van der Waals surface area contributed by atoms with Crippen LogP contribution < -0.4 is 4.90 Å². The second-order valence-electron chi connectivity index (χ2n) is 13.7. The summed E-state index contributed by atoms with van der Waals surface area (Å²) in [5.41, 5.74) is 14.5. The minimum atomic E-state index is -0.361. The summed E-state index contributed by atoms with van der Waals surface area (Å²) in [6.07, 6.45) is 3.69. The molecule has 0 spiro atoms. The third-order valence-electron chi connectivity index (χ3n) is 11.7. The fraction of sp³-hybridized carbons (Fsp3) is 0.182. The molecule has 0 bridgehead atoms. The predicted molar refractivity (Wildman–Crippen MR) is 187 cm³/mol. The van der Waals surface area contributed by atoms with Crippen LogP contribution in [0.4, 0.5) is 11.4 Å². The SMILES string of the molecule is CC12CCCC1(C)N(c1ccccc1)c1ccc(-c3ccc4c(c3)-c3ccccc3C4(c3ccccc3)c3ccccc3)cc12. The van der Waals surface area contributed by atoms with E-state index in [2.05, 4.69) is 170 Å². The van der Waals surface area contributed by atoms with E-state index in [0.717, 1.165) is 0 Å². The molecule has 45 heavy (non-hydrogen) atoms. The topological polar surface area (TPSA) is 3.24 Å². The molecule has 0 amide bonds. The summed E-state index contributed by atoms with van der Waals surface area (Å²) in [4.78, 5) is 2.64. The van der Waals surface area contributed by atoms with E-state index in [0.29, 0.717) is 0 Å². The molecule has 0 N–H and O–H groups in total. The number of hydrogen-bond donors (Lipinski definition) is 0. The highest BCUT2D eigenvalue weighted by Crippen LogP contribution is 2.63. The Hall–Kier alpha value is -4.88. The van der Waals surface area contributed by atoms with Crippen molar-refractivity contribution in [1.29, 1.82) is 0 Å². The van der Waals surface area contributed by atoms with Crippen LogP contribution in [0.2, 0.25) is 0 Å². The molecule has 2 aliphatic carbocycles. The molecule has 9 rings (SSSR count). The zero-order valence-corrected chi connectivity index (χ0v) is 26.0. The van der Waals surface area contributed by atoms with Gasteiger partial charge >= 0.3 is 0 Å². The Morgan fingerprint density at radius 3 is 1.78 bits per heavy atom. The summed E-state index contributed by atoms with van der Waals surface area (Å²) >= 11 is 0. The lowest BCUT2D eigenvalue weighted by molar-refractivity contribution is 0.330. The molecular weight excluding hydrogens is 542 g/mol. The van der Waals surface area contributed by atoms with Crippen molar-refractivity contribution in [2.45, 2.75) is 49.5 Å². The van der Waals surface area contributed by atoms with Crippen LogP contribution in [0.5, 0.6) is 0 Å². The van der Waals surface area contributed by atoms with Crippen LogP contribution in [-0.2, 0) is 10.8 Å². The van der Waals surface area contributed by atoms with E-state index in [9.17, 15) is 0 Å². The maximum Gasteiger partial charge on any atom is 0.0713 e. The van der Waals surface area contributed by atoms with Gasteiger partial charge < -0.3 is 4.90 Å². The molecule has 0 saturated heterocycles. The Labute approximate surface area is 266 Å². The first-order valence-electron chi connectivity index (χ1n) is 16.4. The van der Waals surface area contributed by atoms with Gasteiger partial charge in [0.15, 0.2) is 0 Å². The first kappa shape index (κ1) is 26.5. The first-order chi connectivity index (χ1) is 22.1. The van der Waals surface area contributed by atoms with E-state index in [1.165, 1.54) is 80.7 Å². The normalized spacial score (nSPS) is 22.0. The van der Waals surface area contributed by atoms with Crippen molar-refractivity contribution < 1.29 is 0 Å². The smallest absolute Gasteiger partial charge is 0.0713 e. The van der Waals surface area contributed by atoms with E-state index >= 15 is 0 Å². The zero-order chi connectivity index (χ0) is 30.2. The Bertz CT molecular complexity index is 2020. The molecule has 0 radical (unpaired) electrons. The number of hydrogen-bond acceptors (Lipinski definition) is 1. The van der Waals surface area contributed by atoms with Crippen molar-refractivity contribution >= 4 is 11.4 Å². The van der Waals surface area contributed by atoms with Crippen molar-refractivity contribution in [3.63, 3.8) is 0 Å². The minimum absolute atomic E-state index is 0.0666. The molecule has 1 heteroatoms. The third-order valence-corrected chi connectivity index (χ3v) is 11.7. The summed E-state index contributed by atoms with van der Waals surface area (Å²) in [5.74, 6) is 0. The van der Waals surface area contributed by atoms with Crippen LogP contribution in [0.3, 0.4) is 0 Å². The van der Waals surface area contributed by atoms with E-state index in [1.54, 1.807) is 0 Å². The maximum absolute atomic E-state index is 2.64.